The number of nitrogen functional groups attached to an aromatic ring is 1. The van der Waals surface area contributed by atoms with Gasteiger partial charge in [0.05, 0.1) is 23.0 Å². The molecular formula is C12H15ClN4O. The molecule has 0 aliphatic carbocycles. The molecule has 0 unspecified atom stereocenters. The molecule has 0 radical (unpaired) electrons. The van der Waals surface area contributed by atoms with Crippen molar-refractivity contribution in [1.82, 2.24) is 14.3 Å². The minimum Gasteiger partial charge on any atom is -0.398 e. The molecule has 6 heteroatoms. The average Bonchev–Trinajstić information content (AvgIpc) is 2.58. The lowest BCUT2D eigenvalue weighted by molar-refractivity contribution is 0.513. The minimum atomic E-state index is -0.0724. The number of pyridine rings is 1. The zero-order valence-corrected chi connectivity index (χ0v) is 11.1. The first-order chi connectivity index (χ1) is 8.49. The number of hydrogen-bond donors (Lipinski definition) is 1. The van der Waals surface area contributed by atoms with Gasteiger partial charge in [-0.25, -0.2) is 0 Å². The van der Waals surface area contributed by atoms with Gasteiger partial charge in [0.15, 0.2) is 0 Å². The zero-order chi connectivity index (χ0) is 13.3. The fraction of sp³-hybridized carbons (Fsp3) is 0.333. The minimum absolute atomic E-state index is 0.0724. The summed E-state index contributed by atoms with van der Waals surface area (Å²) in [4.78, 5) is 11.6. The highest BCUT2D eigenvalue weighted by Crippen LogP contribution is 2.18. The first-order valence-corrected chi connectivity index (χ1v) is 6.02. The van der Waals surface area contributed by atoms with Crippen LogP contribution in [0.25, 0.3) is 0 Å². The molecule has 0 saturated carbocycles. The van der Waals surface area contributed by atoms with E-state index in [4.69, 9.17) is 17.3 Å². The van der Waals surface area contributed by atoms with Crippen molar-refractivity contribution < 1.29 is 0 Å². The number of halogens is 1. The first-order valence-electron chi connectivity index (χ1n) is 5.64. The zero-order valence-electron chi connectivity index (χ0n) is 10.4. The van der Waals surface area contributed by atoms with Crippen LogP contribution in [0.3, 0.4) is 0 Å². The van der Waals surface area contributed by atoms with E-state index < -0.39 is 0 Å². The molecule has 2 aromatic heterocycles. The third-order valence-corrected chi connectivity index (χ3v) is 3.40. The lowest BCUT2D eigenvalue weighted by atomic mass is 10.4. The monoisotopic (exact) mass is 266 g/mol. The third-order valence-electron chi connectivity index (χ3n) is 2.85. The van der Waals surface area contributed by atoms with Crippen LogP contribution in [0.1, 0.15) is 11.4 Å². The lowest BCUT2D eigenvalue weighted by Gasteiger charge is -2.08. The van der Waals surface area contributed by atoms with Crippen LogP contribution in [-0.2, 0) is 13.1 Å². The predicted molar refractivity (Wildman–Crippen MR) is 71.8 cm³/mol. The van der Waals surface area contributed by atoms with Gasteiger partial charge in [-0.05, 0) is 19.9 Å². The summed E-state index contributed by atoms with van der Waals surface area (Å²) >= 11 is 6.06. The molecule has 0 aromatic carbocycles. The van der Waals surface area contributed by atoms with Gasteiger partial charge in [0.1, 0.15) is 0 Å². The van der Waals surface area contributed by atoms with Crippen molar-refractivity contribution in [3.63, 3.8) is 0 Å². The van der Waals surface area contributed by atoms with Gasteiger partial charge < -0.3 is 10.3 Å². The number of aryl methyl sites for hydroxylation is 3. The van der Waals surface area contributed by atoms with Gasteiger partial charge >= 0.3 is 0 Å². The number of rotatable bonds is 3. The van der Waals surface area contributed by atoms with Crippen LogP contribution in [-0.4, -0.2) is 14.3 Å². The van der Waals surface area contributed by atoms with Gasteiger partial charge in [-0.2, -0.15) is 5.10 Å². The molecule has 0 atom stereocenters. The normalized spacial score (nSPS) is 10.8. The van der Waals surface area contributed by atoms with E-state index in [9.17, 15) is 4.79 Å². The summed E-state index contributed by atoms with van der Waals surface area (Å²) in [6.07, 6.45) is 1.63. The number of nitrogens with zero attached hydrogens (tertiary/aromatic N) is 3. The summed E-state index contributed by atoms with van der Waals surface area (Å²) in [6.45, 7) is 4.87. The Labute approximate surface area is 110 Å². The van der Waals surface area contributed by atoms with Crippen molar-refractivity contribution >= 4 is 17.3 Å². The summed E-state index contributed by atoms with van der Waals surface area (Å²) in [7, 11) is 0. The van der Waals surface area contributed by atoms with Gasteiger partial charge in [-0.1, -0.05) is 11.6 Å². The van der Waals surface area contributed by atoms with E-state index in [1.165, 1.54) is 6.07 Å². The second-order valence-corrected chi connectivity index (χ2v) is 4.58. The van der Waals surface area contributed by atoms with Crippen LogP contribution < -0.4 is 11.3 Å². The van der Waals surface area contributed by atoms with Gasteiger partial charge in [0, 0.05) is 24.5 Å². The van der Waals surface area contributed by atoms with Crippen LogP contribution in [0.5, 0.6) is 0 Å². The van der Waals surface area contributed by atoms with Crippen molar-refractivity contribution in [1.29, 1.82) is 0 Å². The molecule has 0 bridgehead atoms. The third kappa shape index (κ3) is 2.41. The summed E-state index contributed by atoms with van der Waals surface area (Å²) in [5.41, 5.74) is 7.86. The maximum Gasteiger partial charge on any atom is 0.250 e. The van der Waals surface area contributed by atoms with E-state index in [0.29, 0.717) is 23.8 Å². The van der Waals surface area contributed by atoms with Crippen LogP contribution in [0.15, 0.2) is 23.1 Å². The van der Waals surface area contributed by atoms with Crippen LogP contribution in [0, 0.1) is 13.8 Å². The molecule has 0 spiro atoms. The molecular weight excluding hydrogens is 252 g/mol. The summed E-state index contributed by atoms with van der Waals surface area (Å²) in [5.74, 6) is 0. The Morgan fingerprint density at radius 1 is 1.33 bits per heavy atom. The maximum absolute atomic E-state index is 11.6. The average molecular weight is 267 g/mol. The standard InChI is InChI=1S/C12H15ClN4O/c1-8-12(13)9(2)17(15-8)6-5-16-7-10(14)3-4-11(16)18/h3-4,7H,5-6,14H2,1-2H3. The van der Waals surface area contributed by atoms with Crippen molar-refractivity contribution in [3.05, 3.63) is 45.1 Å². The molecule has 0 amide bonds. The fourth-order valence-corrected chi connectivity index (χ4v) is 1.96. The van der Waals surface area contributed by atoms with Crippen LogP contribution in [0.2, 0.25) is 5.02 Å². The second-order valence-electron chi connectivity index (χ2n) is 4.20. The van der Waals surface area contributed by atoms with Gasteiger partial charge in [-0.15, -0.1) is 0 Å². The van der Waals surface area contributed by atoms with Gasteiger partial charge in [0.25, 0.3) is 5.56 Å². The topological polar surface area (TPSA) is 65.8 Å². The molecule has 2 rings (SSSR count). The Kier molecular flexibility index (Phi) is 3.43. The Morgan fingerprint density at radius 3 is 2.67 bits per heavy atom. The molecule has 5 nitrogen and oxygen atoms in total. The molecule has 2 heterocycles. The molecule has 0 fully saturated rings. The van der Waals surface area contributed by atoms with Crippen molar-refractivity contribution in [3.8, 4) is 0 Å². The van der Waals surface area contributed by atoms with E-state index in [-0.39, 0.29) is 5.56 Å². The van der Waals surface area contributed by atoms with Crippen molar-refractivity contribution in [2.24, 2.45) is 0 Å². The van der Waals surface area contributed by atoms with E-state index >= 15 is 0 Å². The fourth-order valence-electron chi connectivity index (χ4n) is 1.82. The molecule has 18 heavy (non-hydrogen) atoms. The van der Waals surface area contributed by atoms with Gasteiger partial charge in [-0.3, -0.25) is 9.48 Å². The summed E-state index contributed by atoms with van der Waals surface area (Å²) in [5, 5.41) is 4.99. The van der Waals surface area contributed by atoms with E-state index in [1.54, 1.807) is 21.5 Å². The molecule has 0 aliphatic rings. The number of hydrogen-bond acceptors (Lipinski definition) is 3. The number of anilines is 1. The maximum atomic E-state index is 11.6. The number of aromatic nitrogens is 3. The van der Waals surface area contributed by atoms with E-state index in [0.717, 1.165) is 11.4 Å². The largest absolute Gasteiger partial charge is 0.398 e. The van der Waals surface area contributed by atoms with Crippen molar-refractivity contribution in [2.45, 2.75) is 26.9 Å². The highest BCUT2D eigenvalue weighted by Gasteiger charge is 2.08. The van der Waals surface area contributed by atoms with Crippen LogP contribution in [0.4, 0.5) is 5.69 Å². The molecule has 0 saturated heterocycles. The smallest absolute Gasteiger partial charge is 0.250 e. The van der Waals surface area contributed by atoms with E-state index in [2.05, 4.69) is 5.10 Å². The van der Waals surface area contributed by atoms with Crippen LogP contribution >= 0.6 is 11.6 Å². The predicted octanol–water partition coefficient (Wildman–Crippen LogP) is 1.60. The SMILES string of the molecule is Cc1nn(CCn2cc(N)ccc2=O)c(C)c1Cl. The molecule has 2 N–H and O–H groups in total. The molecule has 2 aromatic rings. The Bertz CT molecular complexity index is 629. The van der Waals surface area contributed by atoms with Crippen molar-refractivity contribution in [2.75, 3.05) is 5.73 Å². The molecule has 0 aliphatic heterocycles. The number of nitrogens with two attached hydrogens (primary N) is 1. The second kappa shape index (κ2) is 4.86. The summed E-state index contributed by atoms with van der Waals surface area (Å²) < 4.78 is 3.37. The lowest BCUT2D eigenvalue weighted by Crippen LogP contribution is -2.22. The highest BCUT2D eigenvalue weighted by molar-refractivity contribution is 6.31. The van der Waals surface area contributed by atoms with Gasteiger partial charge in [0.2, 0.25) is 0 Å². The Morgan fingerprint density at radius 2 is 2.06 bits per heavy atom. The molecule has 96 valence electrons. The van der Waals surface area contributed by atoms with E-state index in [1.807, 2.05) is 13.8 Å². The Balaban J connectivity index is 2.19. The summed E-state index contributed by atoms with van der Waals surface area (Å²) in [6, 6.07) is 3.06. The highest BCUT2D eigenvalue weighted by atomic mass is 35.5. The Hall–Kier alpha value is -1.75. The first kappa shape index (κ1) is 12.7. The quantitative estimate of drug-likeness (QED) is 0.918.